The summed E-state index contributed by atoms with van der Waals surface area (Å²) in [6, 6.07) is 8.71. The summed E-state index contributed by atoms with van der Waals surface area (Å²) in [4.78, 5) is 7.38. The Morgan fingerprint density at radius 3 is 2.64 bits per heavy atom. The molecule has 1 aliphatic heterocycles. The van der Waals surface area contributed by atoms with E-state index >= 15 is 0 Å². The van der Waals surface area contributed by atoms with Gasteiger partial charge in [-0.25, -0.2) is 0 Å². The first-order valence-corrected chi connectivity index (χ1v) is 9.18. The van der Waals surface area contributed by atoms with Gasteiger partial charge in [0, 0.05) is 13.1 Å². The van der Waals surface area contributed by atoms with Crippen LogP contribution < -0.4 is 15.4 Å². The van der Waals surface area contributed by atoms with Crippen LogP contribution in [0.3, 0.4) is 0 Å². The maximum atomic E-state index is 5.41. The number of guanidine groups is 1. The molecule has 6 heteroatoms. The number of nitrogens with one attached hydrogen (secondary N) is 2. The van der Waals surface area contributed by atoms with Crippen LogP contribution in [-0.2, 0) is 0 Å². The summed E-state index contributed by atoms with van der Waals surface area (Å²) in [5.41, 5.74) is 1.28. The van der Waals surface area contributed by atoms with Crippen molar-refractivity contribution in [1.82, 2.24) is 15.5 Å². The van der Waals surface area contributed by atoms with Crippen LogP contribution in [0.25, 0.3) is 0 Å². The third-order valence-corrected chi connectivity index (χ3v) is 4.37. The van der Waals surface area contributed by atoms with Crippen molar-refractivity contribution < 1.29 is 4.74 Å². The molecule has 0 aliphatic carbocycles. The van der Waals surface area contributed by atoms with Crippen LogP contribution in [0, 0.1) is 0 Å². The van der Waals surface area contributed by atoms with E-state index in [-0.39, 0.29) is 24.0 Å². The molecule has 0 bridgehead atoms. The Hall–Kier alpha value is -1.02. The highest BCUT2D eigenvalue weighted by Crippen LogP contribution is 2.27. The van der Waals surface area contributed by atoms with Gasteiger partial charge >= 0.3 is 0 Å². The number of nitrogens with zero attached hydrogens (tertiary/aromatic N) is 2. The van der Waals surface area contributed by atoms with Crippen molar-refractivity contribution in [1.29, 1.82) is 0 Å². The monoisotopic (exact) mass is 460 g/mol. The molecule has 1 unspecified atom stereocenters. The molecule has 1 aliphatic rings. The molecule has 1 aromatic carbocycles. The minimum Gasteiger partial charge on any atom is -0.497 e. The first kappa shape index (κ1) is 22.0. The Bertz CT molecular complexity index is 518. The van der Waals surface area contributed by atoms with Crippen LogP contribution in [0.1, 0.15) is 44.7 Å². The van der Waals surface area contributed by atoms with Crippen molar-refractivity contribution >= 4 is 29.9 Å². The third kappa shape index (κ3) is 7.01. The van der Waals surface area contributed by atoms with Gasteiger partial charge in [0.1, 0.15) is 5.75 Å². The first-order chi connectivity index (χ1) is 11.8. The van der Waals surface area contributed by atoms with E-state index in [2.05, 4.69) is 47.6 Å². The molecule has 1 aromatic rings. The number of benzene rings is 1. The van der Waals surface area contributed by atoms with Crippen molar-refractivity contribution in [2.24, 2.45) is 4.99 Å². The van der Waals surface area contributed by atoms with Gasteiger partial charge in [-0.3, -0.25) is 9.89 Å². The molecule has 0 radical (unpaired) electrons. The Balaban J connectivity index is 0.00000312. The molecule has 1 fully saturated rings. The summed E-state index contributed by atoms with van der Waals surface area (Å²) in [5, 5.41) is 6.72. The van der Waals surface area contributed by atoms with Gasteiger partial charge in [0.15, 0.2) is 5.96 Å². The lowest BCUT2D eigenvalue weighted by Gasteiger charge is -2.27. The molecular formula is C19H33IN4O. The fraction of sp³-hybridized carbons (Fsp3) is 0.632. The van der Waals surface area contributed by atoms with E-state index in [1.807, 2.05) is 6.07 Å². The largest absolute Gasteiger partial charge is 0.497 e. The fourth-order valence-electron chi connectivity index (χ4n) is 3.10. The minimum atomic E-state index is 0. The number of methoxy groups -OCH3 is 1. The molecule has 0 spiro atoms. The molecule has 2 N–H and O–H groups in total. The van der Waals surface area contributed by atoms with E-state index < -0.39 is 0 Å². The molecule has 0 saturated carbocycles. The number of halogens is 1. The zero-order valence-electron chi connectivity index (χ0n) is 15.8. The highest BCUT2D eigenvalue weighted by atomic mass is 127. The summed E-state index contributed by atoms with van der Waals surface area (Å²) < 4.78 is 5.41. The predicted octanol–water partition coefficient (Wildman–Crippen LogP) is 3.42. The molecule has 2 rings (SSSR count). The Morgan fingerprint density at radius 2 is 2.00 bits per heavy atom. The van der Waals surface area contributed by atoms with Gasteiger partial charge < -0.3 is 15.4 Å². The lowest BCUT2D eigenvalue weighted by atomic mass is 10.1. The van der Waals surface area contributed by atoms with Gasteiger partial charge in [0.25, 0.3) is 0 Å². The van der Waals surface area contributed by atoms with Crippen LogP contribution in [0.4, 0.5) is 0 Å². The van der Waals surface area contributed by atoms with Crippen molar-refractivity contribution in [3.63, 3.8) is 0 Å². The van der Waals surface area contributed by atoms with Crippen molar-refractivity contribution in [2.75, 3.05) is 39.8 Å². The van der Waals surface area contributed by atoms with E-state index in [0.29, 0.717) is 6.04 Å². The van der Waals surface area contributed by atoms with Crippen molar-refractivity contribution in [2.45, 2.75) is 39.2 Å². The maximum absolute atomic E-state index is 5.41. The topological polar surface area (TPSA) is 48.9 Å². The summed E-state index contributed by atoms with van der Waals surface area (Å²) >= 11 is 0. The zero-order chi connectivity index (χ0) is 17.2. The molecule has 1 saturated heterocycles. The smallest absolute Gasteiger partial charge is 0.191 e. The van der Waals surface area contributed by atoms with Crippen molar-refractivity contribution in [3.8, 4) is 5.75 Å². The van der Waals surface area contributed by atoms with Crippen LogP contribution in [0.2, 0.25) is 0 Å². The number of rotatable bonds is 8. The molecule has 0 amide bonds. The number of hydrogen-bond donors (Lipinski definition) is 2. The normalized spacial score (nSPS) is 16.2. The molecule has 0 aromatic heterocycles. The van der Waals surface area contributed by atoms with Gasteiger partial charge in [0.05, 0.1) is 19.7 Å². The molecule has 1 atom stereocenters. The average molecular weight is 460 g/mol. The predicted molar refractivity (Wildman–Crippen MR) is 116 cm³/mol. The van der Waals surface area contributed by atoms with E-state index in [9.17, 15) is 0 Å². The SMILES string of the molecule is CCCNC(=NCC(c1cccc(OC)c1)N1CCCC1)NCC.I. The van der Waals surface area contributed by atoms with Gasteiger partial charge in [-0.1, -0.05) is 19.1 Å². The van der Waals surface area contributed by atoms with E-state index in [0.717, 1.165) is 50.9 Å². The molecule has 5 nitrogen and oxygen atoms in total. The summed E-state index contributed by atoms with van der Waals surface area (Å²) in [6.07, 6.45) is 3.65. The summed E-state index contributed by atoms with van der Waals surface area (Å²) in [5.74, 6) is 1.82. The maximum Gasteiger partial charge on any atom is 0.191 e. The molecular weight excluding hydrogens is 427 g/mol. The van der Waals surface area contributed by atoms with E-state index in [1.54, 1.807) is 7.11 Å². The number of ether oxygens (including phenoxy) is 1. The van der Waals surface area contributed by atoms with Crippen molar-refractivity contribution in [3.05, 3.63) is 29.8 Å². The quantitative estimate of drug-likeness (QED) is 0.355. The average Bonchev–Trinajstić information content (AvgIpc) is 3.14. The highest BCUT2D eigenvalue weighted by molar-refractivity contribution is 14.0. The number of aliphatic imine (C=N–C) groups is 1. The van der Waals surface area contributed by atoms with Crippen LogP contribution in [0.5, 0.6) is 5.75 Å². The second-order valence-electron chi connectivity index (χ2n) is 6.18. The molecule has 1 heterocycles. The lowest BCUT2D eigenvalue weighted by molar-refractivity contribution is 0.251. The minimum absolute atomic E-state index is 0. The van der Waals surface area contributed by atoms with Gasteiger partial charge in [-0.15, -0.1) is 24.0 Å². The second kappa shape index (κ2) is 12.4. The number of hydrogen-bond acceptors (Lipinski definition) is 3. The highest BCUT2D eigenvalue weighted by Gasteiger charge is 2.23. The number of likely N-dealkylation sites (tertiary alicyclic amines) is 1. The van der Waals surface area contributed by atoms with Gasteiger partial charge in [-0.05, 0) is 57.0 Å². The van der Waals surface area contributed by atoms with E-state index in [4.69, 9.17) is 9.73 Å². The van der Waals surface area contributed by atoms with Crippen LogP contribution >= 0.6 is 24.0 Å². The fourth-order valence-corrected chi connectivity index (χ4v) is 3.10. The Morgan fingerprint density at radius 1 is 1.24 bits per heavy atom. The van der Waals surface area contributed by atoms with Gasteiger partial charge in [0.2, 0.25) is 0 Å². The van der Waals surface area contributed by atoms with Crippen LogP contribution in [0.15, 0.2) is 29.3 Å². The molecule has 142 valence electrons. The Kier molecular flexibility index (Phi) is 10.9. The Labute approximate surface area is 169 Å². The standard InChI is InChI=1S/C19H32N4O.HI/c1-4-11-21-19(20-5-2)22-15-18(23-12-6-7-13-23)16-9-8-10-17(14-16)24-3;/h8-10,14,18H,4-7,11-13,15H2,1-3H3,(H2,20,21,22);1H. The summed E-state index contributed by atoms with van der Waals surface area (Å²) in [7, 11) is 1.72. The lowest BCUT2D eigenvalue weighted by Crippen LogP contribution is -2.38. The van der Waals surface area contributed by atoms with Crippen LogP contribution in [-0.4, -0.2) is 50.7 Å². The third-order valence-electron chi connectivity index (χ3n) is 4.37. The van der Waals surface area contributed by atoms with E-state index in [1.165, 1.54) is 18.4 Å². The first-order valence-electron chi connectivity index (χ1n) is 9.18. The molecule has 25 heavy (non-hydrogen) atoms. The van der Waals surface area contributed by atoms with Gasteiger partial charge in [-0.2, -0.15) is 0 Å². The zero-order valence-corrected chi connectivity index (χ0v) is 18.1. The second-order valence-corrected chi connectivity index (χ2v) is 6.18. The summed E-state index contributed by atoms with van der Waals surface area (Å²) in [6.45, 7) is 9.14.